The summed E-state index contributed by atoms with van der Waals surface area (Å²) >= 11 is 0. The Kier molecular flexibility index (Phi) is 6.53. The summed E-state index contributed by atoms with van der Waals surface area (Å²) in [5.41, 5.74) is 0.268. The Labute approximate surface area is 200 Å². The molecule has 1 aliphatic rings. The predicted molar refractivity (Wildman–Crippen MR) is 123 cm³/mol. The van der Waals surface area contributed by atoms with Crippen LogP contribution in [0.1, 0.15) is 56.2 Å². The number of pyridine rings is 1. The van der Waals surface area contributed by atoms with Crippen LogP contribution < -0.4 is 4.31 Å². The molecule has 0 radical (unpaired) electrons. The highest BCUT2D eigenvalue weighted by molar-refractivity contribution is 7.92. The normalized spacial score (nSPS) is 16.3. The second-order valence-electron chi connectivity index (χ2n) is 8.80. The van der Waals surface area contributed by atoms with E-state index in [-0.39, 0.29) is 26.9 Å². The summed E-state index contributed by atoms with van der Waals surface area (Å²) in [6.45, 7) is 2.25. The largest absolute Gasteiger partial charge is 0.409 e. The molecule has 2 aromatic heterocycles. The maximum atomic E-state index is 14.6. The Morgan fingerprint density at radius 3 is 2.49 bits per heavy atom. The van der Waals surface area contributed by atoms with Gasteiger partial charge >= 0.3 is 6.18 Å². The fourth-order valence-electron chi connectivity index (χ4n) is 4.71. The van der Waals surface area contributed by atoms with Crippen molar-refractivity contribution in [2.75, 3.05) is 4.31 Å². The molecule has 6 nitrogen and oxygen atoms in total. The number of hydrogen-bond acceptors (Lipinski definition) is 4. The SMILES string of the molecule is Cc1cc2c(cc1F)c(C#N)c(N([C@H](C)C(F)(F)F)S(=O)(=O)c1cccnc1)n2C1CCCCC1. The first-order valence-electron chi connectivity index (χ1n) is 11.2. The van der Waals surface area contributed by atoms with Crippen LogP contribution in [0.2, 0.25) is 0 Å². The van der Waals surface area contributed by atoms with E-state index in [0.29, 0.717) is 18.4 Å². The fraction of sp³-hybridized carbons (Fsp3) is 0.417. The van der Waals surface area contributed by atoms with Gasteiger partial charge in [0.15, 0.2) is 0 Å². The second-order valence-corrected chi connectivity index (χ2v) is 10.6. The van der Waals surface area contributed by atoms with Crippen molar-refractivity contribution in [3.05, 3.63) is 53.6 Å². The first-order valence-corrected chi connectivity index (χ1v) is 12.7. The molecule has 1 aliphatic carbocycles. The Bertz CT molecular complexity index is 1390. The highest BCUT2D eigenvalue weighted by Gasteiger charge is 2.48. The van der Waals surface area contributed by atoms with Gasteiger partial charge in [-0.2, -0.15) is 18.4 Å². The van der Waals surface area contributed by atoms with Gasteiger partial charge in [0.2, 0.25) is 0 Å². The number of sulfonamides is 1. The van der Waals surface area contributed by atoms with Gasteiger partial charge in [-0.15, -0.1) is 0 Å². The molecular formula is C24H24F4N4O2S. The van der Waals surface area contributed by atoms with E-state index < -0.39 is 38.8 Å². The molecule has 35 heavy (non-hydrogen) atoms. The third-order valence-corrected chi connectivity index (χ3v) is 8.38. The van der Waals surface area contributed by atoms with Crippen LogP contribution >= 0.6 is 0 Å². The van der Waals surface area contributed by atoms with Crippen molar-refractivity contribution < 1.29 is 26.0 Å². The van der Waals surface area contributed by atoms with E-state index in [2.05, 4.69) is 4.98 Å². The van der Waals surface area contributed by atoms with Crippen LogP contribution in [0.4, 0.5) is 23.4 Å². The lowest BCUT2D eigenvalue weighted by Gasteiger charge is -2.35. The highest BCUT2D eigenvalue weighted by Crippen LogP contribution is 2.44. The molecule has 1 aromatic carbocycles. The van der Waals surface area contributed by atoms with Crippen LogP contribution in [-0.4, -0.2) is 30.2 Å². The maximum absolute atomic E-state index is 14.6. The summed E-state index contributed by atoms with van der Waals surface area (Å²) < 4.78 is 86.2. The van der Waals surface area contributed by atoms with E-state index in [9.17, 15) is 31.2 Å². The summed E-state index contributed by atoms with van der Waals surface area (Å²) in [6, 6.07) is 4.06. The number of nitriles is 1. The van der Waals surface area contributed by atoms with Crippen molar-refractivity contribution in [3.8, 4) is 6.07 Å². The fourth-order valence-corrected chi connectivity index (χ4v) is 6.32. The molecule has 3 aromatic rings. The van der Waals surface area contributed by atoms with E-state index in [1.807, 2.05) is 6.07 Å². The molecule has 0 unspecified atom stereocenters. The molecule has 0 N–H and O–H groups in total. The van der Waals surface area contributed by atoms with Crippen LogP contribution in [0.5, 0.6) is 0 Å². The molecule has 1 saturated carbocycles. The zero-order valence-electron chi connectivity index (χ0n) is 19.2. The van der Waals surface area contributed by atoms with E-state index >= 15 is 0 Å². The average molecular weight is 509 g/mol. The van der Waals surface area contributed by atoms with Crippen molar-refractivity contribution in [1.82, 2.24) is 9.55 Å². The Hall–Kier alpha value is -3.13. The van der Waals surface area contributed by atoms with Crippen LogP contribution in [-0.2, 0) is 10.0 Å². The lowest BCUT2D eigenvalue weighted by Crippen LogP contribution is -2.48. The zero-order valence-corrected chi connectivity index (χ0v) is 20.0. The number of alkyl halides is 3. The predicted octanol–water partition coefficient (Wildman–Crippen LogP) is 6.01. The van der Waals surface area contributed by atoms with Gasteiger partial charge in [-0.05, 0) is 56.5 Å². The smallest absolute Gasteiger partial charge is 0.322 e. The number of aromatic nitrogens is 2. The standard InChI is InChI=1S/C24H24F4N4O2S/c1-15-11-22-19(12-21(15)25)20(13-29)23(31(22)17-7-4-3-5-8-17)32(16(2)24(26,27)28)35(33,34)18-9-6-10-30-14-18/h6,9-12,14,16-17H,3-5,7-8H2,1-2H3/t16-/m1/s1. The summed E-state index contributed by atoms with van der Waals surface area (Å²) in [5.74, 6) is -1.03. The van der Waals surface area contributed by atoms with E-state index in [0.717, 1.165) is 44.5 Å². The second kappa shape index (κ2) is 9.15. The Morgan fingerprint density at radius 1 is 1.23 bits per heavy atom. The lowest BCUT2D eigenvalue weighted by atomic mass is 9.95. The molecule has 11 heteroatoms. The van der Waals surface area contributed by atoms with Crippen molar-refractivity contribution in [2.45, 2.75) is 69.1 Å². The minimum Gasteiger partial charge on any atom is -0.322 e. The molecule has 0 spiro atoms. The summed E-state index contributed by atoms with van der Waals surface area (Å²) in [5, 5.41) is 10.1. The van der Waals surface area contributed by atoms with E-state index in [4.69, 9.17) is 0 Å². The van der Waals surface area contributed by atoms with Gasteiger partial charge in [0.1, 0.15) is 34.2 Å². The number of rotatable bonds is 5. The van der Waals surface area contributed by atoms with Gasteiger partial charge in [0.25, 0.3) is 10.0 Å². The van der Waals surface area contributed by atoms with Crippen molar-refractivity contribution in [3.63, 3.8) is 0 Å². The minimum absolute atomic E-state index is 0.0805. The summed E-state index contributed by atoms with van der Waals surface area (Å²) in [6.07, 6.45) is 1.07. The van der Waals surface area contributed by atoms with Gasteiger partial charge in [-0.25, -0.2) is 17.1 Å². The number of fused-ring (bicyclic) bond motifs is 1. The summed E-state index contributed by atoms with van der Waals surface area (Å²) in [4.78, 5) is 3.32. The van der Waals surface area contributed by atoms with Crippen molar-refractivity contribution in [2.24, 2.45) is 0 Å². The number of hydrogen-bond donors (Lipinski definition) is 0. The first-order chi connectivity index (χ1) is 16.5. The van der Waals surface area contributed by atoms with Crippen LogP contribution in [0.3, 0.4) is 0 Å². The molecule has 2 heterocycles. The Balaban J connectivity index is 2.13. The number of benzene rings is 1. The molecule has 0 aliphatic heterocycles. The van der Waals surface area contributed by atoms with Gasteiger partial charge in [-0.1, -0.05) is 19.3 Å². The first kappa shape index (κ1) is 25.0. The molecule has 186 valence electrons. The van der Waals surface area contributed by atoms with Crippen LogP contribution in [0.25, 0.3) is 10.9 Å². The average Bonchev–Trinajstić information content (AvgIpc) is 3.12. The van der Waals surface area contributed by atoms with E-state index in [1.54, 1.807) is 0 Å². The summed E-state index contributed by atoms with van der Waals surface area (Å²) in [7, 11) is -4.81. The number of anilines is 1. The van der Waals surface area contributed by atoms with E-state index in [1.165, 1.54) is 29.8 Å². The number of aryl methyl sites for hydroxylation is 1. The van der Waals surface area contributed by atoms with Crippen molar-refractivity contribution in [1.29, 1.82) is 5.26 Å². The molecule has 0 saturated heterocycles. The highest BCUT2D eigenvalue weighted by atomic mass is 32.2. The van der Waals surface area contributed by atoms with Crippen LogP contribution in [0, 0.1) is 24.1 Å². The molecule has 0 bridgehead atoms. The van der Waals surface area contributed by atoms with Crippen molar-refractivity contribution >= 4 is 26.7 Å². The maximum Gasteiger partial charge on any atom is 0.409 e. The van der Waals surface area contributed by atoms with Gasteiger partial charge in [0.05, 0.1) is 5.52 Å². The molecule has 0 amide bonds. The zero-order chi connectivity index (χ0) is 25.5. The molecule has 1 atom stereocenters. The quantitative estimate of drug-likeness (QED) is 0.396. The molecule has 4 rings (SSSR count). The lowest BCUT2D eigenvalue weighted by molar-refractivity contribution is -0.142. The number of nitrogens with zero attached hydrogens (tertiary/aromatic N) is 4. The third-order valence-electron chi connectivity index (χ3n) is 6.53. The van der Waals surface area contributed by atoms with Gasteiger partial charge < -0.3 is 4.57 Å². The monoisotopic (exact) mass is 508 g/mol. The van der Waals surface area contributed by atoms with Gasteiger partial charge in [-0.3, -0.25) is 4.98 Å². The molecular weight excluding hydrogens is 484 g/mol. The molecule has 1 fully saturated rings. The van der Waals surface area contributed by atoms with Gasteiger partial charge in [0, 0.05) is 23.8 Å². The minimum atomic E-state index is -4.95. The Morgan fingerprint density at radius 2 is 1.91 bits per heavy atom. The van der Waals surface area contributed by atoms with Crippen LogP contribution in [0.15, 0.2) is 41.6 Å². The topological polar surface area (TPSA) is 79.0 Å². The number of halogens is 4. The third kappa shape index (κ3) is 4.35.